The van der Waals surface area contributed by atoms with Crippen molar-refractivity contribution in [2.24, 2.45) is 17.6 Å². The van der Waals surface area contributed by atoms with Gasteiger partial charge in [-0.2, -0.15) is 0 Å². The summed E-state index contributed by atoms with van der Waals surface area (Å²) in [5, 5.41) is 0. The van der Waals surface area contributed by atoms with Gasteiger partial charge in [-0.25, -0.2) is 0 Å². The highest BCUT2D eigenvalue weighted by Crippen LogP contribution is 2.31. The first-order chi connectivity index (χ1) is 9.51. The molecule has 0 aromatic heterocycles. The van der Waals surface area contributed by atoms with E-state index in [0.717, 1.165) is 25.7 Å². The number of carbonyl (C=O) groups is 2. The van der Waals surface area contributed by atoms with Gasteiger partial charge in [0.2, 0.25) is 5.91 Å². The van der Waals surface area contributed by atoms with Gasteiger partial charge >= 0.3 is 5.97 Å². The van der Waals surface area contributed by atoms with Crippen LogP contribution in [0, 0.1) is 11.8 Å². The second kappa shape index (κ2) is 8.25. The van der Waals surface area contributed by atoms with Crippen LogP contribution in [0.2, 0.25) is 0 Å². The van der Waals surface area contributed by atoms with E-state index >= 15 is 0 Å². The van der Waals surface area contributed by atoms with Gasteiger partial charge in [-0.1, -0.05) is 12.8 Å². The first kappa shape index (κ1) is 17.0. The molecule has 1 saturated carbocycles. The SMILES string of the molecule is CCOC(=O)CN(C(=O)C1CCCCC1CN)C(C)C. The Kier molecular flexibility index (Phi) is 6.99. The molecule has 0 spiro atoms. The minimum Gasteiger partial charge on any atom is -0.465 e. The molecule has 0 aromatic carbocycles. The molecular formula is C15H28N2O3. The lowest BCUT2D eigenvalue weighted by molar-refractivity contribution is -0.152. The molecule has 0 bridgehead atoms. The van der Waals surface area contributed by atoms with E-state index in [4.69, 9.17) is 10.5 Å². The molecular weight excluding hydrogens is 256 g/mol. The Morgan fingerprint density at radius 2 is 1.95 bits per heavy atom. The lowest BCUT2D eigenvalue weighted by Crippen LogP contribution is -2.47. The number of hydrogen-bond acceptors (Lipinski definition) is 4. The molecule has 0 aromatic rings. The van der Waals surface area contributed by atoms with Crippen molar-refractivity contribution in [2.75, 3.05) is 19.7 Å². The van der Waals surface area contributed by atoms with E-state index in [1.165, 1.54) is 0 Å². The van der Waals surface area contributed by atoms with Crippen molar-refractivity contribution in [3.8, 4) is 0 Å². The van der Waals surface area contributed by atoms with E-state index in [1.54, 1.807) is 11.8 Å². The third-order valence-corrected chi connectivity index (χ3v) is 4.04. The van der Waals surface area contributed by atoms with E-state index in [-0.39, 0.29) is 36.3 Å². The first-order valence-corrected chi connectivity index (χ1v) is 7.67. The average Bonchev–Trinajstić information content (AvgIpc) is 2.44. The van der Waals surface area contributed by atoms with Crippen LogP contribution in [0.5, 0.6) is 0 Å². The normalized spacial score (nSPS) is 22.6. The number of hydrogen-bond donors (Lipinski definition) is 1. The summed E-state index contributed by atoms with van der Waals surface area (Å²) in [6, 6.07) is -0.00717. The molecule has 1 amide bonds. The highest BCUT2D eigenvalue weighted by Gasteiger charge is 2.34. The lowest BCUT2D eigenvalue weighted by atomic mass is 9.78. The zero-order valence-electron chi connectivity index (χ0n) is 12.9. The Hall–Kier alpha value is -1.10. The second-order valence-electron chi connectivity index (χ2n) is 5.75. The van der Waals surface area contributed by atoms with Crippen molar-refractivity contribution >= 4 is 11.9 Å². The van der Waals surface area contributed by atoms with Gasteiger partial charge in [0.25, 0.3) is 0 Å². The van der Waals surface area contributed by atoms with Crippen molar-refractivity contribution in [1.82, 2.24) is 4.90 Å². The number of nitrogens with two attached hydrogens (primary N) is 1. The van der Waals surface area contributed by atoms with Crippen LogP contribution in [0.1, 0.15) is 46.5 Å². The predicted molar refractivity (Wildman–Crippen MR) is 78.0 cm³/mol. The molecule has 0 aliphatic heterocycles. The first-order valence-electron chi connectivity index (χ1n) is 7.67. The van der Waals surface area contributed by atoms with E-state index in [2.05, 4.69) is 0 Å². The molecule has 2 unspecified atom stereocenters. The van der Waals surface area contributed by atoms with Crippen LogP contribution in [-0.4, -0.2) is 42.5 Å². The van der Waals surface area contributed by atoms with Gasteiger partial charge in [0.05, 0.1) is 6.61 Å². The van der Waals surface area contributed by atoms with Crippen LogP contribution in [-0.2, 0) is 14.3 Å². The van der Waals surface area contributed by atoms with Gasteiger partial charge in [0.15, 0.2) is 0 Å². The van der Waals surface area contributed by atoms with Gasteiger partial charge in [-0.3, -0.25) is 9.59 Å². The zero-order valence-corrected chi connectivity index (χ0v) is 12.9. The molecule has 2 N–H and O–H groups in total. The summed E-state index contributed by atoms with van der Waals surface area (Å²) in [5.74, 6) is -0.0665. The lowest BCUT2D eigenvalue weighted by Gasteiger charge is -2.35. The maximum atomic E-state index is 12.7. The topological polar surface area (TPSA) is 72.6 Å². The molecule has 0 radical (unpaired) electrons. The number of rotatable bonds is 6. The van der Waals surface area contributed by atoms with Gasteiger partial charge in [-0.15, -0.1) is 0 Å². The number of carbonyl (C=O) groups excluding carboxylic acids is 2. The van der Waals surface area contributed by atoms with Crippen molar-refractivity contribution in [3.05, 3.63) is 0 Å². The summed E-state index contributed by atoms with van der Waals surface area (Å²) >= 11 is 0. The molecule has 1 aliphatic carbocycles. The maximum absolute atomic E-state index is 12.7. The largest absolute Gasteiger partial charge is 0.465 e. The highest BCUT2D eigenvalue weighted by atomic mass is 16.5. The summed E-state index contributed by atoms with van der Waals surface area (Å²) in [6.45, 7) is 6.55. The highest BCUT2D eigenvalue weighted by molar-refractivity contribution is 5.84. The minimum atomic E-state index is -0.338. The summed E-state index contributed by atoms with van der Waals surface area (Å²) in [6.07, 6.45) is 4.11. The molecule has 5 nitrogen and oxygen atoms in total. The van der Waals surface area contributed by atoms with Crippen LogP contribution in [0.3, 0.4) is 0 Å². The fraction of sp³-hybridized carbons (Fsp3) is 0.867. The minimum absolute atomic E-state index is 0.00717. The van der Waals surface area contributed by atoms with Gasteiger partial charge < -0.3 is 15.4 Å². The van der Waals surface area contributed by atoms with Crippen LogP contribution in [0.4, 0.5) is 0 Å². The van der Waals surface area contributed by atoms with Crippen LogP contribution in [0.25, 0.3) is 0 Å². The van der Waals surface area contributed by atoms with Crippen molar-refractivity contribution < 1.29 is 14.3 Å². The van der Waals surface area contributed by atoms with E-state index in [9.17, 15) is 9.59 Å². The monoisotopic (exact) mass is 284 g/mol. The Morgan fingerprint density at radius 1 is 1.30 bits per heavy atom. The Morgan fingerprint density at radius 3 is 2.50 bits per heavy atom. The standard InChI is InChI=1S/C15H28N2O3/c1-4-20-14(18)10-17(11(2)3)15(19)13-8-6-5-7-12(13)9-16/h11-13H,4-10,16H2,1-3H3. The van der Waals surface area contributed by atoms with Gasteiger partial charge in [0, 0.05) is 12.0 Å². The van der Waals surface area contributed by atoms with Gasteiger partial charge in [-0.05, 0) is 46.1 Å². The Bertz CT molecular complexity index is 331. The smallest absolute Gasteiger partial charge is 0.325 e. The van der Waals surface area contributed by atoms with Crippen molar-refractivity contribution in [3.63, 3.8) is 0 Å². The number of amides is 1. The predicted octanol–water partition coefficient (Wildman–Crippen LogP) is 1.55. The van der Waals surface area contributed by atoms with Crippen molar-refractivity contribution in [2.45, 2.75) is 52.5 Å². The fourth-order valence-corrected chi connectivity index (χ4v) is 2.89. The van der Waals surface area contributed by atoms with Crippen molar-refractivity contribution in [1.29, 1.82) is 0 Å². The average molecular weight is 284 g/mol. The molecule has 20 heavy (non-hydrogen) atoms. The molecule has 2 atom stereocenters. The molecule has 1 fully saturated rings. The van der Waals surface area contributed by atoms with Crippen LogP contribution < -0.4 is 5.73 Å². The molecule has 116 valence electrons. The van der Waals surface area contributed by atoms with Gasteiger partial charge in [0.1, 0.15) is 6.54 Å². The molecule has 5 heteroatoms. The number of esters is 1. The Balaban J connectivity index is 2.74. The fourth-order valence-electron chi connectivity index (χ4n) is 2.89. The summed E-state index contributed by atoms with van der Waals surface area (Å²) in [4.78, 5) is 26.0. The van der Waals surface area contributed by atoms with Crippen LogP contribution in [0.15, 0.2) is 0 Å². The molecule has 1 rings (SSSR count). The van der Waals surface area contributed by atoms with E-state index in [0.29, 0.717) is 13.2 Å². The molecule has 1 aliphatic rings. The Labute approximate surface area is 121 Å². The summed E-state index contributed by atoms with van der Waals surface area (Å²) < 4.78 is 4.96. The molecule has 0 saturated heterocycles. The number of ether oxygens (including phenoxy) is 1. The summed E-state index contributed by atoms with van der Waals surface area (Å²) in [5.41, 5.74) is 5.79. The molecule has 0 heterocycles. The summed E-state index contributed by atoms with van der Waals surface area (Å²) in [7, 11) is 0. The third-order valence-electron chi connectivity index (χ3n) is 4.04. The quantitative estimate of drug-likeness (QED) is 0.751. The maximum Gasteiger partial charge on any atom is 0.325 e. The second-order valence-corrected chi connectivity index (χ2v) is 5.75. The number of nitrogens with zero attached hydrogens (tertiary/aromatic N) is 1. The van der Waals surface area contributed by atoms with E-state index < -0.39 is 0 Å². The van der Waals surface area contributed by atoms with Crippen LogP contribution >= 0.6 is 0 Å². The zero-order chi connectivity index (χ0) is 15.1. The third kappa shape index (κ3) is 4.47. The van der Waals surface area contributed by atoms with E-state index in [1.807, 2.05) is 13.8 Å².